The first-order valence-corrected chi connectivity index (χ1v) is 12.7. The van der Waals surface area contributed by atoms with Crippen molar-refractivity contribution in [3.63, 3.8) is 0 Å². The maximum Gasteiger partial charge on any atom is 0.223 e. The Balaban J connectivity index is 1.31. The number of anilines is 1. The third kappa shape index (κ3) is 5.16. The van der Waals surface area contributed by atoms with Crippen LogP contribution < -0.4 is 10.6 Å². The Morgan fingerprint density at radius 2 is 1.63 bits per heavy atom. The molecule has 7 nitrogen and oxygen atoms in total. The van der Waals surface area contributed by atoms with Gasteiger partial charge >= 0.3 is 0 Å². The second-order valence-corrected chi connectivity index (χ2v) is 10.1. The van der Waals surface area contributed by atoms with Crippen molar-refractivity contribution in [1.82, 2.24) is 24.8 Å². The van der Waals surface area contributed by atoms with E-state index in [0.29, 0.717) is 34.6 Å². The van der Waals surface area contributed by atoms with E-state index in [-0.39, 0.29) is 17.8 Å². The zero-order chi connectivity index (χ0) is 24.5. The fourth-order valence-corrected chi connectivity index (χ4v) is 5.48. The molecule has 1 saturated heterocycles. The number of hydrogen-bond donors (Lipinski definition) is 2. The minimum atomic E-state index is -0.578. The van der Waals surface area contributed by atoms with Crippen LogP contribution in [0.3, 0.4) is 0 Å². The summed E-state index contributed by atoms with van der Waals surface area (Å²) in [5.41, 5.74) is 1.39. The highest BCUT2D eigenvalue weighted by Crippen LogP contribution is 2.31. The number of rotatable bonds is 6. The number of ether oxygens (including phenoxy) is 1. The number of benzene rings is 1. The molecule has 0 atom stereocenters. The van der Waals surface area contributed by atoms with Gasteiger partial charge in [-0.1, -0.05) is 0 Å². The number of halogens is 2. The van der Waals surface area contributed by atoms with Crippen LogP contribution in [0, 0.1) is 18.6 Å². The maximum absolute atomic E-state index is 14.9. The number of imidazole rings is 1. The van der Waals surface area contributed by atoms with Gasteiger partial charge in [-0.25, -0.2) is 23.7 Å². The highest BCUT2D eigenvalue weighted by Gasteiger charge is 2.25. The third-order valence-corrected chi connectivity index (χ3v) is 7.21. The van der Waals surface area contributed by atoms with Crippen LogP contribution in [-0.4, -0.2) is 50.9 Å². The van der Waals surface area contributed by atoms with Crippen molar-refractivity contribution >= 4 is 17.0 Å². The van der Waals surface area contributed by atoms with E-state index < -0.39 is 11.6 Å². The van der Waals surface area contributed by atoms with Gasteiger partial charge in [0.1, 0.15) is 17.0 Å². The number of hydrogen-bond acceptors (Lipinski definition) is 6. The molecule has 2 aromatic heterocycles. The molecule has 5 rings (SSSR count). The number of nitrogens with one attached hydrogen (secondary N) is 2. The van der Waals surface area contributed by atoms with Gasteiger partial charge in [-0.05, 0) is 71.4 Å². The first-order valence-electron chi connectivity index (χ1n) is 12.7. The number of aryl methyl sites for hydroxylation is 1. The van der Waals surface area contributed by atoms with Gasteiger partial charge in [0, 0.05) is 42.9 Å². The Kier molecular flexibility index (Phi) is 6.98. The molecule has 1 aliphatic heterocycles. The lowest BCUT2D eigenvalue weighted by Gasteiger charge is -2.33. The summed E-state index contributed by atoms with van der Waals surface area (Å²) in [7, 11) is 0. The van der Waals surface area contributed by atoms with Gasteiger partial charge in [0.15, 0.2) is 11.6 Å². The summed E-state index contributed by atoms with van der Waals surface area (Å²) < 4.78 is 37.1. The highest BCUT2D eigenvalue weighted by molar-refractivity contribution is 5.83. The normalized spacial score (nSPS) is 21.7. The van der Waals surface area contributed by atoms with Crippen molar-refractivity contribution < 1.29 is 13.5 Å². The summed E-state index contributed by atoms with van der Waals surface area (Å²) in [5.74, 6) is 0.0312. The zero-order valence-electron chi connectivity index (χ0n) is 20.7. The summed E-state index contributed by atoms with van der Waals surface area (Å²) in [4.78, 5) is 13.0. The van der Waals surface area contributed by atoms with Crippen LogP contribution in [0.15, 0.2) is 18.3 Å². The zero-order valence-corrected chi connectivity index (χ0v) is 20.7. The van der Waals surface area contributed by atoms with E-state index in [9.17, 15) is 8.78 Å². The van der Waals surface area contributed by atoms with Crippen LogP contribution in [0.2, 0.25) is 0 Å². The Hall–Kier alpha value is -2.65. The van der Waals surface area contributed by atoms with Gasteiger partial charge in [0.05, 0.1) is 11.7 Å². The average molecular weight is 485 g/mol. The van der Waals surface area contributed by atoms with Crippen molar-refractivity contribution in [2.45, 2.75) is 83.5 Å². The molecule has 0 spiro atoms. The standard InChI is InChI=1S/C26H34F2N6O/c1-15(2)34-16(3)30-25-21(27)12-17(13-23(25)34)24-22(28)14-29-26(33-24)32-19-6-4-18(5-7-19)31-20-8-10-35-11-9-20/h12-15,18-20,31H,4-11H2,1-3H3,(H,29,32,33). The average Bonchev–Trinajstić information content (AvgIpc) is 3.19. The van der Waals surface area contributed by atoms with Crippen molar-refractivity contribution in [1.29, 1.82) is 0 Å². The van der Waals surface area contributed by atoms with Gasteiger partial charge < -0.3 is 19.9 Å². The van der Waals surface area contributed by atoms with Gasteiger partial charge in [-0.15, -0.1) is 0 Å². The Morgan fingerprint density at radius 3 is 2.34 bits per heavy atom. The monoisotopic (exact) mass is 484 g/mol. The summed E-state index contributed by atoms with van der Waals surface area (Å²) >= 11 is 0. The number of fused-ring (bicyclic) bond motifs is 1. The molecule has 0 radical (unpaired) electrons. The minimum absolute atomic E-state index is 0.0901. The van der Waals surface area contributed by atoms with Crippen LogP contribution in [0.1, 0.15) is 64.2 Å². The predicted molar refractivity (Wildman–Crippen MR) is 132 cm³/mol. The molecule has 2 fully saturated rings. The summed E-state index contributed by atoms with van der Waals surface area (Å²) in [6, 6.07) is 4.46. The second-order valence-electron chi connectivity index (χ2n) is 10.1. The summed E-state index contributed by atoms with van der Waals surface area (Å²) in [6.07, 6.45) is 7.44. The molecule has 3 aromatic rings. The molecule has 188 valence electrons. The molecule has 1 saturated carbocycles. The SMILES string of the molecule is Cc1nc2c(F)cc(-c3nc(NC4CCC(NC5CCOCC5)CC4)ncc3F)cc2n1C(C)C. The van der Waals surface area contributed by atoms with Crippen molar-refractivity contribution in [2.24, 2.45) is 0 Å². The molecule has 0 unspecified atom stereocenters. The largest absolute Gasteiger partial charge is 0.381 e. The number of nitrogens with zero attached hydrogens (tertiary/aromatic N) is 4. The van der Waals surface area contributed by atoms with Crippen LogP contribution in [0.25, 0.3) is 22.3 Å². The quantitative estimate of drug-likeness (QED) is 0.504. The van der Waals surface area contributed by atoms with E-state index in [1.165, 1.54) is 6.07 Å². The Bertz CT molecular complexity index is 1180. The fourth-order valence-electron chi connectivity index (χ4n) is 5.48. The van der Waals surface area contributed by atoms with E-state index in [4.69, 9.17) is 4.74 Å². The fraction of sp³-hybridized carbons (Fsp3) is 0.577. The van der Waals surface area contributed by atoms with Crippen LogP contribution in [0.5, 0.6) is 0 Å². The van der Waals surface area contributed by atoms with E-state index in [0.717, 1.165) is 63.8 Å². The molecular weight excluding hydrogens is 450 g/mol. The lowest BCUT2D eigenvalue weighted by Crippen LogP contribution is -2.44. The highest BCUT2D eigenvalue weighted by atomic mass is 19.1. The molecule has 0 amide bonds. The summed E-state index contributed by atoms with van der Waals surface area (Å²) in [5, 5.41) is 7.16. The lowest BCUT2D eigenvalue weighted by molar-refractivity contribution is 0.0730. The molecule has 1 aromatic carbocycles. The molecule has 2 N–H and O–H groups in total. The smallest absolute Gasteiger partial charge is 0.223 e. The van der Waals surface area contributed by atoms with Gasteiger partial charge in [0.2, 0.25) is 5.95 Å². The minimum Gasteiger partial charge on any atom is -0.381 e. The Morgan fingerprint density at radius 1 is 0.943 bits per heavy atom. The van der Waals surface area contributed by atoms with E-state index in [2.05, 4.69) is 25.6 Å². The first-order chi connectivity index (χ1) is 16.9. The third-order valence-electron chi connectivity index (χ3n) is 7.21. The van der Waals surface area contributed by atoms with Crippen LogP contribution in [0.4, 0.5) is 14.7 Å². The van der Waals surface area contributed by atoms with E-state index in [1.54, 1.807) is 6.07 Å². The van der Waals surface area contributed by atoms with E-state index in [1.807, 2.05) is 25.3 Å². The van der Waals surface area contributed by atoms with Crippen LogP contribution >= 0.6 is 0 Å². The van der Waals surface area contributed by atoms with Gasteiger partial charge in [-0.3, -0.25) is 0 Å². The van der Waals surface area contributed by atoms with Crippen molar-refractivity contribution in [3.8, 4) is 11.3 Å². The van der Waals surface area contributed by atoms with Crippen molar-refractivity contribution in [2.75, 3.05) is 18.5 Å². The topological polar surface area (TPSA) is 76.9 Å². The molecule has 1 aliphatic carbocycles. The second kappa shape index (κ2) is 10.1. The molecule has 0 bridgehead atoms. The molecule has 3 heterocycles. The maximum atomic E-state index is 14.9. The predicted octanol–water partition coefficient (Wildman–Crippen LogP) is 5.15. The van der Waals surface area contributed by atoms with E-state index >= 15 is 0 Å². The van der Waals surface area contributed by atoms with Gasteiger partial charge in [-0.2, -0.15) is 0 Å². The molecule has 9 heteroatoms. The molecule has 2 aliphatic rings. The van der Waals surface area contributed by atoms with Gasteiger partial charge in [0.25, 0.3) is 0 Å². The lowest BCUT2D eigenvalue weighted by atomic mass is 9.90. The number of aromatic nitrogens is 4. The van der Waals surface area contributed by atoms with Crippen LogP contribution in [-0.2, 0) is 4.74 Å². The molecule has 35 heavy (non-hydrogen) atoms. The first kappa shape index (κ1) is 24.1. The van der Waals surface area contributed by atoms with Crippen molar-refractivity contribution in [3.05, 3.63) is 35.8 Å². The Labute approximate surface area is 204 Å². The summed E-state index contributed by atoms with van der Waals surface area (Å²) in [6.45, 7) is 7.56. The molecular formula is C26H34F2N6O.